The number of amides is 1. The van der Waals surface area contributed by atoms with Crippen molar-refractivity contribution in [3.8, 4) is 17.1 Å². The van der Waals surface area contributed by atoms with Crippen LogP contribution >= 0.6 is 0 Å². The number of fused-ring (bicyclic) bond motifs is 1. The number of imidazole rings is 1. The summed E-state index contributed by atoms with van der Waals surface area (Å²) in [5.74, 6) is 0.397. The topological polar surface area (TPSA) is 116 Å². The maximum Gasteiger partial charge on any atom is 0.327 e. The number of primary amides is 1. The van der Waals surface area contributed by atoms with E-state index in [4.69, 9.17) is 10.5 Å². The Balaban J connectivity index is 1.76. The molecule has 0 spiro atoms. The largest absolute Gasteiger partial charge is 0.497 e. The SMILES string of the molecule is CCc1ccc(-c2nc(C(N)=O)c3[nH]c(=O)n(CCc4ccc(OC)cc4)c3n2)cc1. The number of H-pyrrole nitrogens is 1. The molecule has 2 aromatic heterocycles. The first kappa shape index (κ1) is 20.3. The van der Waals surface area contributed by atoms with E-state index in [0.29, 0.717) is 24.4 Å². The number of aromatic amines is 1. The molecule has 3 N–H and O–H groups in total. The second-order valence-electron chi connectivity index (χ2n) is 7.19. The minimum atomic E-state index is -0.720. The fourth-order valence-electron chi connectivity index (χ4n) is 3.47. The molecule has 0 saturated heterocycles. The lowest BCUT2D eigenvalue weighted by atomic mass is 10.1. The van der Waals surface area contributed by atoms with Gasteiger partial charge in [0.2, 0.25) is 0 Å². The number of nitrogens with two attached hydrogens (primary N) is 1. The van der Waals surface area contributed by atoms with Gasteiger partial charge in [-0.05, 0) is 36.1 Å². The van der Waals surface area contributed by atoms with Crippen LogP contribution in [-0.2, 0) is 19.4 Å². The van der Waals surface area contributed by atoms with Crippen molar-refractivity contribution in [2.75, 3.05) is 7.11 Å². The van der Waals surface area contributed by atoms with Gasteiger partial charge in [-0.3, -0.25) is 9.36 Å². The van der Waals surface area contributed by atoms with Crippen LogP contribution in [0, 0.1) is 0 Å². The van der Waals surface area contributed by atoms with Crippen molar-refractivity contribution in [2.45, 2.75) is 26.3 Å². The summed E-state index contributed by atoms with van der Waals surface area (Å²) in [5.41, 5.74) is 8.77. The van der Waals surface area contributed by atoms with Gasteiger partial charge in [0.1, 0.15) is 11.3 Å². The van der Waals surface area contributed by atoms with Crippen LogP contribution in [-0.4, -0.2) is 32.5 Å². The third-order valence-electron chi connectivity index (χ3n) is 5.26. The zero-order valence-electron chi connectivity index (χ0n) is 17.4. The predicted molar refractivity (Wildman–Crippen MR) is 118 cm³/mol. The fraction of sp³-hybridized carbons (Fsp3) is 0.217. The number of aryl methyl sites for hydroxylation is 3. The Bertz CT molecular complexity index is 1290. The average Bonchev–Trinajstić information content (AvgIpc) is 3.12. The summed E-state index contributed by atoms with van der Waals surface area (Å²) in [6, 6.07) is 15.4. The van der Waals surface area contributed by atoms with Gasteiger partial charge in [-0.1, -0.05) is 43.3 Å². The van der Waals surface area contributed by atoms with Crippen LogP contribution in [0.3, 0.4) is 0 Å². The Hall–Kier alpha value is -3.94. The fourth-order valence-corrected chi connectivity index (χ4v) is 3.47. The number of benzene rings is 2. The summed E-state index contributed by atoms with van der Waals surface area (Å²) >= 11 is 0. The maximum atomic E-state index is 12.6. The lowest BCUT2D eigenvalue weighted by Crippen LogP contribution is -2.18. The van der Waals surface area contributed by atoms with Crippen molar-refractivity contribution in [1.29, 1.82) is 0 Å². The molecule has 2 heterocycles. The quantitative estimate of drug-likeness (QED) is 0.480. The van der Waals surface area contributed by atoms with Crippen LogP contribution in [0.25, 0.3) is 22.6 Å². The molecule has 2 aromatic carbocycles. The molecule has 0 unspecified atom stereocenters. The molecule has 31 heavy (non-hydrogen) atoms. The summed E-state index contributed by atoms with van der Waals surface area (Å²) in [6.07, 6.45) is 1.52. The van der Waals surface area contributed by atoms with Crippen LogP contribution in [0.15, 0.2) is 53.3 Å². The summed E-state index contributed by atoms with van der Waals surface area (Å²) < 4.78 is 6.69. The first-order valence-electron chi connectivity index (χ1n) is 10.0. The monoisotopic (exact) mass is 417 g/mol. The van der Waals surface area contributed by atoms with Crippen molar-refractivity contribution >= 4 is 17.1 Å². The molecule has 0 saturated carbocycles. The molecule has 0 aliphatic rings. The number of nitrogens with zero attached hydrogens (tertiary/aromatic N) is 3. The molecule has 158 valence electrons. The van der Waals surface area contributed by atoms with Crippen LogP contribution in [0.4, 0.5) is 0 Å². The highest BCUT2D eigenvalue weighted by Gasteiger charge is 2.19. The number of aromatic nitrogens is 4. The van der Waals surface area contributed by atoms with E-state index in [2.05, 4.69) is 21.9 Å². The molecule has 0 aliphatic carbocycles. The van der Waals surface area contributed by atoms with E-state index in [1.807, 2.05) is 48.5 Å². The average molecular weight is 417 g/mol. The molecule has 4 rings (SSSR count). The Morgan fingerprint density at radius 2 is 1.74 bits per heavy atom. The van der Waals surface area contributed by atoms with E-state index in [9.17, 15) is 9.59 Å². The van der Waals surface area contributed by atoms with Gasteiger partial charge >= 0.3 is 5.69 Å². The Labute approximate surface area is 178 Å². The number of hydrogen-bond donors (Lipinski definition) is 2. The van der Waals surface area contributed by atoms with E-state index in [1.165, 1.54) is 10.1 Å². The van der Waals surface area contributed by atoms with Gasteiger partial charge in [0.25, 0.3) is 5.91 Å². The normalized spacial score (nSPS) is 11.0. The van der Waals surface area contributed by atoms with E-state index in [-0.39, 0.29) is 16.9 Å². The van der Waals surface area contributed by atoms with Gasteiger partial charge in [0.05, 0.1) is 7.11 Å². The van der Waals surface area contributed by atoms with E-state index in [1.54, 1.807) is 7.11 Å². The summed E-state index contributed by atoms with van der Waals surface area (Å²) in [5, 5.41) is 0. The Morgan fingerprint density at radius 1 is 1.06 bits per heavy atom. The molecule has 0 atom stereocenters. The van der Waals surface area contributed by atoms with Gasteiger partial charge in [-0.2, -0.15) is 0 Å². The molecular formula is C23H23N5O3. The van der Waals surface area contributed by atoms with Gasteiger partial charge in [0.15, 0.2) is 17.2 Å². The lowest BCUT2D eigenvalue weighted by Gasteiger charge is -2.08. The van der Waals surface area contributed by atoms with Gasteiger partial charge < -0.3 is 15.5 Å². The molecule has 0 bridgehead atoms. The Kier molecular flexibility index (Phi) is 5.53. The minimum absolute atomic E-state index is 0.000125. The van der Waals surface area contributed by atoms with Crippen LogP contribution in [0.1, 0.15) is 28.5 Å². The molecule has 0 radical (unpaired) electrons. The van der Waals surface area contributed by atoms with Crippen LogP contribution in [0.2, 0.25) is 0 Å². The number of methoxy groups -OCH3 is 1. The highest BCUT2D eigenvalue weighted by Crippen LogP contribution is 2.21. The van der Waals surface area contributed by atoms with Crippen molar-refractivity contribution in [3.63, 3.8) is 0 Å². The highest BCUT2D eigenvalue weighted by molar-refractivity contribution is 6.01. The summed E-state index contributed by atoms with van der Waals surface area (Å²) in [7, 11) is 1.61. The lowest BCUT2D eigenvalue weighted by molar-refractivity contribution is 0.0997. The predicted octanol–water partition coefficient (Wildman–Crippen LogP) is 2.70. The third-order valence-corrected chi connectivity index (χ3v) is 5.26. The Morgan fingerprint density at radius 3 is 2.35 bits per heavy atom. The van der Waals surface area contributed by atoms with Crippen LogP contribution < -0.4 is 16.2 Å². The first-order valence-corrected chi connectivity index (χ1v) is 10.0. The van der Waals surface area contributed by atoms with Gasteiger partial charge in [0, 0.05) is 12.1 Å². The van der Waals surface area contributed by atoms with Crippen molar-refractivity contribution in [2.24, 2.45) is 5.73 Å². The summed E-state index contributed by atoms with van der Waals surface area (Å²) in [6.45, 7) is 2.46. The van der Waals surface area contributed by atoms with Gasteiger partial charge in [-0.15, -0.1) is 0 Å². The number of rotatable bonds is 7. The highest BCUT2D eigenvalue weighted by atomic mass is 16.5. The number of nitrogens with one attached hydrogen (secondary N) is 1. The molecule has 0 fully saturated rings. The standard InChI is InChI=1S/C23H23N5O3/c1-3-14-4-8-16(9-5-14)21-25-18(20(24)29)19-22(27-21)28(23(30)26-19)13-12-15-6-10-17(31-2)11-7-15/h4-11H,3,12-13H2,1-2H3,(H2,24,29)(H,26,30). The zero-order chi connectivity index (χ0) is 22.0. The molecule has 0 aliphatic heterocycles. The number of carbonyl (C=O) groups is 1. The van der Waals surface area contributed by atoms with Crippen molar-refractivity contribution in [1.82, 2.24) is 19.5 Å². The number of carbonyl (C=O) groups excluding carboxylic acids is 1. The molecule has 1 amide bonds. The minimum Gasteiger partial charge on any atom is -0.497 e. The molecule has 8 nitrogen and oxygen atoms in total. The van der Waals surface area contributed by atoms with Crippen LogP contribution in [0.5, 0.6) is 5.75 Å². The third kappa shape index (κ3) is 4.05. The van der Waals surface area contributed by atoms with Gasteiger partial charge in [-0.25, -0.2) is 14.8 Å². The van der Waals surface area contributed by atoms with E-state index >= 15 is 0 Å². The van der Waals surface area contributed by atoms with E-state index in [0.717, 1.165) is 23.3 Å². The van der Waals surface area contributed by atoms with Crippen molar-refractivity contribution < 1.29 is 9.53 Å². The molecule has 4 aromatic rings. The van der Waals surface area contributed by atoms with E-state index < -0.39 is 5.91 Å². The van der Waals surface area contributed by atoms with Crippen molar-refractivity contribution in [3.05, 3.63) is 75.8 Å². The molecule has 8 heteroatoms. The second-order valence-corrected chi connectivity index (χ2v) is 7.19. The smallest absolute Gasteiger partial charge is 0.327 e. The molecular weight excluding hydrogens is 394 g/mol. The second kappa shape index (κ2) is 8.43. The maximum absolute atomic E-state index is 12.6. The zero-order valence-corrected chi connectivity index (χ0v) is 17.4. The summed E-state index contributed by atoms with van der Waals surface area (Å²) in [4.78, 5) is 36.3. The first-order chi connectivity index (χ1) is 15.0. The number of hydrogen-bond acceptors (Lipinski definition) is 5. The number of ether oxygens (including phenoxy) is 1.